The SMILES string of the molecule is O=C(N1CCN(Cc2cc(=O)n3ccsc3n2)CC1)C1(c2ccc(Cl)cc2)CCC1. The number of aromatic nitrogens is 2. The summed E-state index contributed by atoms with van der Waals surface area (Å²) in [5, 5.41) is 2.57. The lowest BCUT2D eigenvalue weighted by atomic mass is 9.63. The Balaban J connectivity index is 1.25. The van der Waals surface area contributed by atoms with Gasteiger partial charge in [-0.1, -0.05) is 30.2 Å². The van der Waals surface area contributed by atoms with Gasteiger partial charge in [-0.2, -0.15) is 0 Å². The summed E-state index contributed by atoms with van der Waals surface area (Å²) >= 11 is 7.51. The van der Waals surface area contributed by atoms with E-state index in [1.165, 1.54) is 11.3 Å². The molecule has 1 aromatic carbocycles. The van der Waals surface area contributed by atoms with Crippen molar-refractivity contribution in [1.29, 1.82) is 0 Å². The molecule has 3 aromatic rings. The molecule has 30 heavy (non-hydrogen) atoms. The van der Waals surface area contributed by atoms with Gasteiger partial charge in [-0.25, -0.2) is 4.98 Å². The molecule has 2 fully saturated rings. The first-order valence-electron chi connectivity index (χ1n) is 10.3. The molecule has 8 heteroatoms. The minimum Gasteiger partial charge on any atom is -0.339 e. The van der Waals surface area contributed by atoms with Gasteiger partial charge in [0.1, 0.15) is 0 Å². The van der Waals surface area contributed by atoms with Crippen molar-refractivity contribution in [1.82, 2.24) is 19.2 Å². The number of hydrogen-bond acceptors (Lipinski definition) is 5. The molecular weight excluding hydrogens is 420 g/mol. The van der Waals surface area contributed by atoms with Crippen molar-refractivity contribution >= 4 is 33.8 Å². The molecule has 6 nitrogen and oxygen atoms in total. The molecule has 0 radical (unpaired) electrons. The van der Waals surface area contributed by atoms with E-state index in [9.17, 15) is 9.59 Å². The van der Waals surface area contributed by atoms with E-state index in [-0.39, 0.29) is 16.9 Å². The van der Waals surface area contributed by atoms with Crippen molar-refractivity contribution in [2.24, 2.45) is 0 Å². The Morgan fingerprint density at radius 3 is 2.53 bits per heavy atom. The van der Waals surface area contributed by atoms with Crippen LogP contribution in [-0.4, -0.2) is 51.3 Å². The van der Waals surface area contributed by atoms with E-state index in [2.05, 4.69) is 9.88 Å². The van der Waals surface area contributed by atoms with Crippen molar-refractivity contribution in [3.05, 3.63) is 68.5 Å². The highest BCUT2D eigenvalue weighted by Crippen LogP contribution is 2.45. The smallest absolute Gasteiger partial charge is 0.258 e. The Hall–Kier alpha value is -2.22. The lowest BCUT2D eigenvalue weighted by Crippen LogP contribution is -2.56. The van der Waals surface area contributed by atoms with Crippen molar-refractivity contribution in [3.8, 4) is 0 Å². The molecule has 1 aliphatic carbocycles. The summed E-state index contributed by atoms with van der Waals surface area (Å²) in [6.45, 7) is 3.61. The van der Waals surface area contributed by atoms with E-state index in [4.69, 9.17) is 11.6 Å². The fourth-order valence-electron chi connectivity index (χ4n) is 4.53. The fraction of sp³-hybridized carbons (Fsp3) is 0.409. The average Bonchev–Trinajstić information content (AvgIpc) is 3.18. The highest BCUT2D eigenvalue weighted by atomic mass is 35.5. The van der Waals surface area contributed by atoms with Crippen LogP contribution in [0.2, 0.25) is 5.02 Å². The Morgan fingerprint density at radius 1 is 1.13 bits per heavy atom. The molecule has 2 aromatic heterocycles. The molecule has 0 N–H and O–H groups in total. The second kappa shape index (κ2) is 7.80. The Kier molecular flexibility index (Phi) is 5.13. The third kappa shape index (κ3) is 3.45. The fourth-order valence-corrected chi connectivity index (χ4v) is 5.40. The van der Waals surface area contributed by atoms with Gasteiger partial charge in [0.05, 0.1) is 11.1 Å². The molecule has 3 heterocycles. The molecule has 156 valence electrons. The van der Waals surface area contributed by atoms with Crippen LogP contribution in [0.15, 0.2) is 46.7 Å². The molecule has 1 aliphatic heterocycles. The number of benzene rings is 1. The number of halogens is 1. The number of carbonyl (C=O) groups excluding carboxylic acids is 1. The van der Waals surface area contributed by atoms with Gasteiger partial charge < -0.3 is 4.90 Å². The maximum absolute atomic E-state index is 13.4. The first-order valence-corrected chi connectivity index (χ1v) is 11.5. The summed E-state index contributed by atoms with van der Waals surface area (Å²) < 4.78 is 1.57. The zero-order valence-corrected chi connectivity index (χ0v) is 18.2. The van der Waals surface area contributed by atoms with Crippen LogP contribution in [0.1, 0.15) is 30.5 Å². The van der Waals surface area contributed by atoms with E-state index in [0.29, 0.717) is 24.7 Å². The first kappa shape index (κ1) is 19.7. The number of piperazine rings is 1. The largest absolute Gasteiger partial charge is 0.339 e. The zero-order valence-electron chi connectivity index (χ0n) is 16.6. The average molecular weight is 443 g/mol. The molecule has 5 rings (SSSR count). The van der Waals surface area contributed by atoms with Crippen molar-refractivity contribution in [2.45, 2.75) is 31.2 Å². The second-order valence-corrected chi connectivity index (χ2v) is 9.46. The van der Waals surface area contributed by atoms with Crippen molar-refractivity contribution in [2.75, 3.05) is 26.2 Å². The predicted octanol–water partition coefficient (Wildman–Crippen LogP) is 3.18. The quantitative estimate of drug-likeness (QED) is 0.622. The summed E-state index contributed by atoms with van der Waals surface area (Å²) in [5.74, 6) is 0.243. The molecule has 1 amide bonds. The number of hydrogen-bond donors (Lipinski definition) is 0. The second-order valence-electron chi connectivity index (χ2n) is 8.15. The van der Waals surface area contributed by atoms with Gasteiger partial charge in [0.2, 0.25) is 5.91 Å². The van der Waals surface area contributed by atoms with Gasteiger partial charge in [0.25, 0.3) is 5.56 Å². The topological polar surface area (TPSA) is 57.9 Å². The normalized spacial score (nSPS) is 19.0. The first-order chi connectivity index (χ1) is 14.5. The standard InChI is InChI=1S/C22H23ClN4O2S/c23-17-4-2-16(3-5-17)22(6-1-7-22)20(29)26-10-8-25(9-11-26)15-18-14-19(28)27-12-13-30-21(27)24-18/h2-5,12-14H,1,6-11,15H2. The van der Waals surface area contributed by atoms with Crippen LogP contribution in [-0.2, 0) is 16.8 Å². The Bertz CT molecular complexity index is 1130. The van der Waals surface area contributed by atoms with Crippen LogP contribution in [0.5, 0.6) is 0 Å². The van der Waals surface area contributed by atoms with Crippen LogP contribution < -0.4 is 5.56 Å². The number of carbonyl (C=O) groups is 1. The van der Waals surface area contributed by atoms with Gasteiger partial charge in [-0.15, -0.1) is 11.3 Å². The lowest BCUT2D eigenvalue weighted by molar-refractivity contribution is -0.142. The van der Waals surface area contributed by atoms with Gasteiger partial charge in [0.15, 0.2) is 4.96 Å². The summed E-state index contributed by atoms with van der Waals surface area (Å²) in [5.41, 5.74) is 1.45. The van der Waals surface area contributed by atoms with E-state index in [1.54, 1.807) is 16.7 Å². The maximum Gasteiger partial charge on any atom is 0.258 e. The van der Waals surface area contributed by atoms with Crippen molar-refractivity contribution < 1.29 is 4.79 Å². The maximum atomic E-state index is 13.4. The van der Waals surface area contributed by atoms with E-state index < -0.39 is 0 Å². The Labute approximate surface area is 183 Å². The van der Waals surface area contributed by atoms with E-state index >= 15 is 0 Å². The molecule has 0 unspecified atom stereocenters. The minimum absolute atomic E-state index is 0.0417. The third-order valence-corrected chi connectivity index (χ3v) is 7.42. The third-order valence-electron chi connectivity index (χ3n) is 6.41. The molecular formula is C22H23ClN4O2S. The molecule has 2 aliphatic rings. The van der Waals surface area contributed by atoms with Crippen molar-refractivity contribution in [3.63, 3.8) is 0 Å². The molecule has 1 saturated carbocycles. The Morgan fingerprint density at radius 2 is 1.87 bits per heavy atom. The van der Waals surface area contributed by atoms with E-state index in [1.807, 2.05) is 34.5 Å². The van der Waals surface area contributed by atoms with Gasteiger partial charge in [0, 0.05) is 55.4 Å². The van der Waals surface area contributed by atoms with Crippen LogP contribution >= 0.6 is 22.9 Å². The number of fused-ring (bicyclic) bond motifs is 1. The lowest BCUT2D eigenvalue weighted by Gasteiger charge is -2.46. The predicted molar refractivity (Wildman–Crippen MR) is 118 cm³/mol. The highest BCUT2D eigenvalue weighted by molar-refractivity contribution is 7.15. The van der Waals surface area contributed by atoms with Gasteiger partial charge in [-0.3, -0.25) is 18.9 Å². The number of rotatable bonds is 4. The molecule has 0 spiro atoms. The summed E-state index contributed by atoms with van der Waals surface area (Å²) in [6.07, 6.45) is 4.64. The van der Waals surface area contributed by atoms with Crippen LogP contribution in [0.3, 0.4) is 0 Å². The molecule has 0 atom stereocenters. The summed E-state index contributed by atoms with van der Waals surface area (Å²) in [4.78, 5) is 35.2. The van der Waals surface area contributed by atoms with Gasteiger partial charge in [-0.05, 0) is 30.5 Å². The zero-order chi connectivity index (χ0) is 20.7. The van der Waals surface area contributed by atoms with Gasteiger partial charge >= 0.3 is 0 Å². The minimum atomic E-state index is -0.382. The van der Waals surface area contributed by atoms with E-state index in [0.717, 1.165) is 48.6 Å². The number of nitrogens with zero attached hydrogens (tertiary/aromatic N) is 4. The summed E-state index contributed by atoms with van der Waals surface area (Å²) in [6, 6.07) is 9.37. The number of thiazole rings is 1. The molecule has 0 bridgehead atoms. The molecule has 1 saturated heterocycles. The monoisotopic (exact) mass is 442 g/mol. The van der Waals surface area contributed by atoms with Crippen LogP contribution in [0.25, 0.3) is 4.96 Å². The summed E-state index contributed by atoms with van der Waals surface area (Å²) in [7, 11) is 0. The van der Waals surface area contributed by atoms with Crippen LogP contribution in [0.4, 0.5) is 0 Å². The van der Waals surface area contributed by atoms with Crippen LogP contribution in [0, 0.1) is 0 Å². The number of amides is 1. The highest BCUT2D eigenvalue weighted by Gasteiger charge is 2.47.